The Labute approximate surface area is 92.9 Å². The third-order valence-corrected chi connectivity index (χ3v) is 3.62. The third kappa shape index (κ3) is 1.93. The van der Waals surface area contributed by atoms with Gasteiger partial charge >= 0.3 is 0 Å². The Balaban J connectivity index is 2.40. The second-order valence-electron chi connectivity index (χ2n) is 4.62. The minimum atomic E-state index is 0.595. The fourth-order valence-corrected chi connectivity index (χ4v) is 2.58. The van der Waals surface area contributed by atoms with Crippen LogP contribution in [0.2, 0.25) is 0 Å². The van der Waals surface area contributed by atoms with Crippen LogP contribution < -0.4 is 5.32 Å². The molecule has 82 valence electrons. The number of aryl methyl sites for hydroxylation is 1. The summed E-state index contributed by atoms with van der Waals surface area (Å²) in [5.41, 5.74) is 6.10. The van der Waals surface area contributed by atoms with Crippen LogP contribution in [0, 0.1) is 13.8 Å². The summed E-state index contributed by atoms with van der Waals surface area (Å²) in [7, 11) is 0. The van der Waals surface area contributed by atoms with Crippen LogP contribution in [0.1, 0.15) is 48.1 Å². The Morgan fingerprint density at radius 3 is 2.87 bits per heavy atom. The molecule has 0 fully saturated rings. The summed E-state index contributed by atoms with van der Waals surface area (Å²) in [5.74, 6) is 0. The van der Waals surface area contributed by atoms with Crippen molar-refractivity contribution in [3.8, 4) is 0 Å². The second-order valence-corrected chi connectivity index (χ2v) is 4.62. The molecule has 1 N–H and O–H groups in total. The van der Waals surface area contributed by atoms with Gasteiger partial charge in [0.1, 0.15) is 0 Å². The molecule has 1 unspecified atom stereocenters. The van der Waals surface area contributed by atoms with Crippen molar-refractivity contribution in [3.05, 3.63) is 34.4 Å². The molecule has 0 radical (unpaired) electrons. The maximum Gasteiger partial charge on any atom is 0.0323 e. The van der Waals surface area contributed by atoms with E-state index in [4.69, 9.17) is 0 Å². The van der Waals surface area contributed by atoms with E-state index >= 15 is 0 Å². The van der Waals surface area contributed by atoms with Crippen molar-refractivity contribution in [2.24, 2.45) is 0 Å². The minimum Gasteiger partial charge on any atom is -0.310 e. The van der Waals surface area contributed by atoms with Crippen molar-refractivity contribution in [2.75, 3.05) is 6.54 Å². The largest absolute Gasteiger partial charge is 0.310 e. The van der Waals surface area contributed by atoms with Crippen LogP contribution in [0.25, 0.3) is 0 Å². The van der Waals surface area contributed by atoms with Gasteiger partial charge < -0.3 is 5.32 Å². The average molecular weight is 203 g/mol. The fourth-order valence-electron chi connectivity index (χ4n) is 2.58. The molecule has 0 saturated heterocycles. The minimum absolute atomic E-state index is 0.595. The quantitative estimate of drug-likeness (QED) is 0.777. The summed E-state index contributed by atoms with van der Waals surface area (Å²) in [6.07, 6.45) is 3.71. The molecule has 2 rings (SSSR count). The van der Waals surface area contributed by atoms with E-state index in [0.29, 0.717) is 6.04 Å². The molecule has 0 saturated carbocycles. The first-order valence-electron chi connectivity index (χ1n) is 6.06. The van der Waals surface area contributed by atoms with E-state index in [9.17, 15) is 0 Å². The zero-order chi connectivity index (χ0) is 10.8. The lowest BCUT2D eigenvalue weighted by Gasteiger charge is -2.28. The SMILES string of the molecule is CCCC1NCCc2c1ccc(C)c2C. The van der Waals surface area contributed by atoms with E-state index in [-0.39, 0.29) is 0 Å². The highest BCUT2D eigenvalue weighted by Gasteiger charge is 2.20. The van der Waals surface area contributed by atoms with Crippen molar-refractivity contribution in [1.29, 1.82) is 0 Å². The fraction of sp³-hybridized carbons (Fsp3) is 0.571. The lowest BCUT2D eigenvalue weighted by molar-refractivity contribution is 0.470. The maximum atomic E-state index is 3.62. The molecule has 1 atom stereocenters. The van der Waals surface area contributed by atoms with Crippen molar-refractivity contribution in [3.63, 3.8) is 0 Å². The van der Waals surface area contributed by atoms with Gasteiger partial charge in [0, 0.05) is 6.04 Å². The highest BCUT2D eigenvalue weighted by Crippen LogP contribution is 2.29. The van der Waals surface area contributed by atoms with Crippen LogP contribution in [0.4, 0.5) is 0 Å². The van der Waals surface area contributed by atoms with Crippen LogP contribution in [-0.4, -0.2) is 6.54 Å². The average Bonchev–Trinajstić information content (AvgIpc) is 2.25. The topological polar surface area (TPSA) is 12.0 Å². The van der Waals surface area contributed by atoms with E-state index in [1.54, 1.807) is 11.1 Å². The molecular formula is C14H21N. The van der Waals surface area contributed by atoms with Gasteiger partial charge in [0.05, 0.1) is 0 Å². The predicted molar refractivity (Wildman–Crippen MR) is 65.3 cm³/mol. The zero-order valence-electron chi connectivity index (χ0n) is 10.1. The van der Waals surface area contributed by atoms with Crippen molar-refractivity contribution >= 4 is 0 Å². The van der Waals surface area contributed by atoms with Gasteiger partial charge in [-0.1, -0.05) is 25.5 Å². The van der Waals surface area contributed by atoms with Gasteiger partial charge in [0.25, 0.3) is 0 Å². The highest BCUT2D eigenvalue weighted by molar-refractivity contribution is 5.42. The molecule has 0 aliphatic carbocycles. The number of hydrogen-bond acceptors (Lipinski definition) is 1. The summed E-state index contributed by atoms with van der Waals surface area (Å²) in [5, 5.41) is 3.62. The van der Waals surface area contributed by atoms with Crippen molar-refractivity contribution < 1.29 is 0 Å². The summed E-state index contributed by atoms with van der Waals surface area (Å²) >= 11 is 0. The highest BCUT2D eigenvalue weighted by atomic mass is 14.9. The molecule has 0 amide bonds. The summed E-state index contributed by atoms with van der Waals surface area (Å²) in [6.45, 7) is 7.88. The van der Waals surface area contributed by atoms with Gasteiger partial charge in [-0.25, -0.2) is 0 Å². The molecule has 0 spiro atoms. The van der Waals surface area contributed by atoms with Crippen LogP contribution >= 0.6 is 0 Å². The number of fused-ring (bicyclic) bond motifs is 1. The Morgan fingerprint density at radius 2 is 2.13 bits per heavy atom. The summed E-state index contributed by atoms with van der Waals surface area (Å²) in [6, 6.07) is 5.19. The second kappa shape index (κ2) is 4.36. The van der Waals surface area contributed by atoms with Crippen LogP contribution in [0.15, 0.2) is 12.1 Å². The van der Waals surface area contributed by atoms with Crippen LogP contribution in [0.5, 0.6) is 0 Å². The molecule has 1 aromatic rings. The lowest BCUT2D eigenvalue weighted by Crippen LogP contribution is -2.30. The molecule has 1 aliphatic rings. The standard InChI is InChI=1S/C14H21N/c1-4-5-14-13-7-6-10(2)11(3)12(13)8-9-15-14/h6-7,14-15H,4-5,8-9H2,1-3H3. The number of nitrogens with one attached hydrogen (secondary N) is 1. The van der Waals surface area contributed by atoms with Crippen molar-refractivity contribution in [2.45, 2.75) is 46.1 Å². The zero-order valence-corrected chi connectivity index (χ0v) is 10.1. The van der Waals surface area contributed by atoms with Crippen LogP contribution in [0.3, 0.4) is 0 Å². The van der Waals surface area contributed by atoms with E-state index in [0.717, 1.165) is 6.54 Å². The Hall–Kier alpha value is -0.820. The molecule has 1 heterocycles. The molecule has 1 aliphatic heterocycles. The van der Waals surface area contributed by atoms with Gasteiger partial charge in [-0.2, -0.15) is 0 Å². The Morgan fingerprint density at radius 1 is 1.33 bits per heavy atom. The number of rotatable bonds is 2. The number of hydrogen-bond donors (Lipinski definition) is 1. The maximum absolute atomic E-state index is 3.62. The Bertz CT molecular complexity index is 355. The predicted octanol–water partition coefficient (Wildman–Crippen LogP) is 3.29. The smallest absolute Gasteiger partial charge is 0.0323 e. The molecular weight excluding hydrogens is 182 g/mol. The Kier molecular flexibility index (Phi) is 3.11. The van der Waals surface area contributed by atoms with E-state index in [2.05, 4.69) is 38.2 Å². The van der Waals surface area contributed by atoms with E-state index in [1.165, 1.54) is 30.4 Å². The van der Waals surface area contributed by atoms with Crippen LogP contribution in [-0.2, 0) is 6.42 Å². The van der Waals surface area contributed by atoms with E-state index < -0.39 is 0 Å². The molecule has 1 aromatic carbocycles. The monoisotopic (exact) mass is 203 g/mol. The molecule has 15 heavy (non-hydrogen) atoms. The van der Waals surface area contributed by atoms with Gasteiger partial charge in [-0.15, -0.1) is 0 Å². The summed E-state index contributed by atoms with van der Waals surface area (Å²) in [4.78, 5) is 0. The van der Waals surface area contributed by atoms with Crippen molar-refractivity contribution in [1.82, 2.24) is 5.32 Å². The first kappa shape index (κ1) is 10.7. The normalized spacial score (nSPS) is 20.1. The molecule has 1 heteroatoms. The van der Waals surface area contributed by atoms with E-state index in [1.807, 2.05) is 0 Å². The lowest BCUT2D eigenvalue weighted by atomic mass is 9.87. The summed E-state index contributed by atoms with van der Waals surface area (Å²) < 4.78 is 0. The molecule has 1 nitrogen and oxygen atoms in total. The van der Waals surface area contributed by atoms with Gasteiger partial charge in [0.15, 0.2) is 0 Å². The van der Waals surface area contributed by atoms with Gasteiger partial charge in [-0.05, 0) is 55.5 Å². The van der Waals surface area contributed by atoms with Gasteiger partial charge in [0.2, 0.25) is 0 Å². The first-order chi connectivity index (χ1) is 7.24. The van der Waals surface area contributed by atoms with Gasteiger partial charge in [-0.3, -0.25) is 0 Å². The molecule has 0 aromatic heterocycles. The first-order valence-corrected chi connectivity index (χ1v) is 6.06. The number of benzene rings is 1. The third-order valence-electron chi connectivity index (χ3n) is 3.62. The molecule has 0 bridgehead atoms.